The molecule has 0 aliphatic carbocycles. The van der Waals surface area contributed by atoms with Gasteiger partial charge < -0.3 is 9.47 Å². The summed E-state index contributed by atoms with van der Waals surface area (Å²) in [6, 6.07) is 8.05. The summed E-state index contributed by atoms with van der Waals surface area (Å²) in [5.41, 5.74) is 2.11. The van der Waals surface area contributed by atoms with Crippen LogP contribution in [0, 0.1) is 6.92 Å². The summed E-state index contributed by atoms with van der Waals surface area (Å²) in [5, 5.41) is 1.12. The Morgan fingerprint density at radius 3 is 2.62 bits per heavy atom. The van der Waals surface area contributed by atoms with Gasteiger partial charge in [0.1, 0.15) is 12.3 Å². The molecule has 0 N–H and O–H groups in total. The van der Waals surface area contributed by atoms with Crippen LogP contribution in [-0.2, 0) is 16.1 Å². The molecule has 0 unspecified atom stereocenters. The van der Waals surface area contributed by atoms with Crippen molar-refractivity contribution >= 4 is 38.5 Å². The Balaban J connectivity index is 1.86. The zero-order valence-electron chi connectivity index (χ0n) is 11.9. The van der Waals surface area contributed by atoms with E-state index in [2.05, 4.69) is 15.9 Å². The number of fused-ring (bicyclic) bond motifs is 1. The normalized spacial score (nSPS) is 15.7. The summed E-state index contributed by atoms with van der Waals surface area (Å²) in [6.45, 7) is 3.44. The number of ketones is 1. The summed E-state index contributed by atoms with van der Waals surface area (Å²) < 4.78 is 3.08. The van der Waals surface area contributed by atoms with Gasteiger partial charge in [0.05, 0.1) is 0 Å². The molecule has 2 heterocycles. The Labute approximate surface area is 131 Å². The molecule has 110 valence electrons. The number of halogens is 1. The first-order valence-electron chi connectivity index (χ1n) is 7.10. The highest BCUT2D eigenvalue weighted by Crippen LogP contribution is 2.30. The van der Waals surface area contributed by atoms with Crippen molar-refractivity contribution < 1.29 is 9.59 Å². The lowest BCUT2D eigenvalue weighted by Crippen LogP contribution is -2.40. The standard InChI is InChI=1S/C16H17BrN2O2/c1-11-16(17)13-4-2-3-5-14(13)19(11)10-15(21)18-8-6-12(20)7-9-18/h2-5H,6-10H2,1H3. The first-order valence-corrected chi connectivity index (χ1v) is 7.90. The summed E-state index contributed by atoms with van der Waals surface area (Å²) >= 11 is 3.61. The number of carbonyl (C=O) groups is 2. The van der Waals surface area contributed by atoms with Crippen LogP contribution >= 0.6 is 15.9 Å². The van der Waals surface area contributed by atoms with Gasteiger partial charge >= 0.3 is 0 Å². The Kier molecular flexibility index (Phi) is 3.85. The number of hydrogen-bond acceptors (Lipinski definition) is 2. The molecular weight excluding hydrogens is 332 g/mol. The molecule has 1 amide bonds. The van der Waals surface area contributed by atoms with E-state index in [1.165, 1.54) is 0 Å². The Morgan fingerprint density at radius 1 is 1.24 bits per heavy atom. The Morgan fingerprint density at radius 2 is 1.90 bits per heavy atom. The first-order chi connectivity index (χ1) is 10.1. The largest absolute Gasteiger partial charge is 0.340 e. The highest BCUT2D eigenvalue weighted by Gasteiger charge is 2.22. The number of amides is 1. The molecule has 3 rings (SSSR count). The van der Waals surface area contributed by atoms with Gasteiger partial charge in [-0.2, -0.15) is 0 Å². The van der Waals surface area contributed by atoms with Crippen LogP contribution in [0.4, 0.5) is 0 Å². The highest BCUT2D eigenvalue weighted by atomic mass is 79.9. The molecule has 5 heteroatoms. The number of likely N-dealkylation sites (tertiary alicyclic amines) is 1. The zero-order chi connectivity index (χ0) is 15.0. The molecule has 0 bridgehead atoms. The predicted octanol–water partition coefficient (Wildman–Crippen LogP) is 2.90. The molecule has 1 aliphatic heterocycles. The van der Waals surface area contributed by atoms with E-state index in [4.69, 9.17) is 0 Å². The molecule has 1 fully saturated rings. The number of hydrogen-bond donors (Lipinski definition) is 0. The van der Waals surface area contributed by atoms with Crippen LogP contribution in [0.5, 0.6) is 0 Å². The van der Waals surface area contributed by atoms with Crippen LogP contribution < -0.4 is 0 Å². The van der Waals surface area contributed by atoms with Crippen molar-refractivity contribution in [3.63, 3.8) is 0 Å². The van der Waals surface area contributed by atoms with Gasteiger partial charge in [-0.25, -0.2) is 0 Å². The Bertz CT molecular complexity index is 710. The number of rotatable bonds is 2. The molecule has 1 aromatic carbocycles. The minimum absolute atomic E-state index is 0.0823. The molecule has 1 saturated heterocycles. The van der Waals surface area contributed by atoms with Gasteiger partial charge in [-0.15, -0.1) is 0 Å². The fourth-order valence-corrected chi connectivity index (χ4v) is 3.38. The van der Waals surface area contributed by atoms with Crippen LogP contribution in [0.25, 0.3) is 10.9 Å². The maximum atomic E-state index is 12.5. The molecule has 2 aromatic rings. The van der Waals surface area contributed by atoms with Gasteiger partial charge in [-0.1, -0.05) is 18.2 Å². The molecule has 1 aromatic heterocycles. The molecule has 21 heavy (non-hydrogen) atoms. The summed E-state index contributed by atoms with van der Waals surface area (Å²) in [4.78, 5) is 25.5. The number of piperidine rings is 1. The average Bonchev–Trinajstić information content (AvgIpc) is 2.73. The second-order valence-corrected chi connectivity index (χ2v) is 6.22. The zero-order valence-corrected chi connectivity index (χ0v) is 13.5. The predicted molar refractivity (Wildman–Crippen MR) is 85.2 cm³/mol. The number of carbonyl (C=O) groups excluding carboxylic acids is 2. The Hall–Kier alpha value is -1.62. The van der Waals surface area contributed by atoms with Gasteiger partial charge in [0.25, 0.3) is 0 Å². The molecular formula is C16H17BrN2O2. The molecule has 0 atom stereocenters. The van der Waals surface area contributed by atoms with Crippen molar-refractivity contribution in [3.8, 4) is 0 Å². The van der Waals surface area contributed by atoms with Crippen molar-refractivity contribution in [2.24, 2.45) is 0 Å². The minimum Gasteiger partial charge on any atom is -0.340 e. The third-order valence-electron chi connectivity index (χ3n) is 4.12. The number of benzene rings is 1. The quantitative estimate of drug-likeness (QED) is 0.837. The smallest absolute Gasteiger partial charge is 0.242 e. The number of para-hydroxylation sites is 1. The number of aromatic nitrogens is 1. The summed E-state index contributed by atoms with van der Waals surface area (Å²) in [5.74, 6) is 0.336. The van der Waals surface area contributed by atoms with Crippen molar-refractivity contribution in [2.45, 2.75) is 26.3 Å². The topological polar surface area (TPSA) is 42.3 Å². The van der Waals surface area contributed by atoms with Crippen molar-refractivity contribution in [3.05, 3.63) is 34.4 Å². The van der Waals surface area contributed by atoms with Crippen LogP contribution in [0.15, 0.2) is 28.7 Å². The van der Waals surface area contributed by atoms with Crippen molar-refractivity contribution in [1.29, 1.82) is 0 Å². The lowest BCUT2D eigenvalue weighted by atomic mass is 10.1. The fraction of sp³-hybridized carbons (Fsp3) is 0.375. The third-order valence-corrected chi connectivity index (χ3v) is 5.12. The van der Waals surface area contributed by atoms with Crippen LogP contribution in [-0.4, -0.2) is 34.2 Å². The third kappa shape index (κ3) is 2.62. The average molecular weight is 349 g/mol. The number of nitrogens with zero attached hydrogens (tertiary/aromatic N) is 2. The maximum absolute atomic E-state index is 12.5. The van der Waals surface area contributed by atoms with Gasteiger partial charge in [0.2, 0.25) is 5.91 Å². The molecule has 0 saturated carbocycles. The molecule has 0 radical (unpaired) electrons. The van der Waals surface area contributed by atoms with Crippen LogP contribution in [0.1, 0.15) is 18.5 Å². The maximum Gasteiger partial charge on any atom is 0.242 e. The minimum atomic E-state index is 0.0823. The fourth-order valence-electron chi connectivity index (χ4n) is 2.83. The van der Waals surface area contributed by atoms with Gasteiger partial charge in [-0.05, 0) is 28.9 Å². The van der Waals surface area contributed by atoms with E-state index in [1.807, 2.05) is 35.8 Å². The first kappa shape index (κ1) is 14.3. The SMILES string of the molecule is Cc1c(Br)c2ccccc2n1CC(=O)N1CCC(=O)CC1. The molecule has 1 aliphatic rings. The van der Waals surface area contributed by atoms with E-state index in [-0.39, 0.29) is 11.7 Å². The second kappa shape index (κ2) is 5.64. The van der Waals surface area contributed by atoms with Crippen LogP contribution in [0.3, 0.4) is 0 Å². The number of Topliss-reactive ketones (excluding diaryl/α,β-unsaturated/α-hetero) is 1. The van der Waals surface area contributed by atoms with Crippen molar-refractivity contribution in [1.82, 2.24) is 9.47 Å². The molecule has 0 spiro atoms. The molecule has 4 nitrogen and oxygen atoms in total. The highest BCUT2D eigenvalue weighted by molar-refractivity contribution is 9.10. The van der Waals surface area contributed by atoms with Gasteiger partial charge in [0.15, 0.2) is 0 Å². The summed E-state index contributed by atoms with van der Waals surface area (Å²) in [6.07, 6.45) is 0.974. The van der Waals surface area contributed by atoms with Gasteiger partial charge in [-0.3, -0.25) is 9.59 Å². The van der Waals surface area contributed by atoms with E-state index in [9.17, 15) is 9.59 Å². The second-order valence-electron chi connectivity index (χ2n) is 5.42. The van der Waals surface area contributed by atoms with Crippen LogP contribution in [0.2, 0.25) is 0 Å². The van der Waals surface area contributed by atoms with E-state index in [0.29, 0.717) is 32.5 Å². The lowest BCUT2D eigenvalue weighted by molar-refractivity contribution is -0.135. The van der Waals surface area contributed by atoms with E-state index in [1.54, 1.807) is 4.90 Å². The van der Waals surface area contributed by atoms with Gasteiger partial charge in [0, 0.05) is 47.0 Å². The monoisotopic (exact) mass is 348 g/mol. The summed E-state index contributed by atoms with van der Waals surface area (Å²) in [7, 11) is 0. The van der Waals surface area contributed by atoms with E-state index in [0.717, 1.165) is 21.1 Å². The lowest BCUT2D eigenvalue weighted by Gasteiger charge is -2.26. The van der Waals surface area contributed by atoms with E-state index < -0.39 is 0 Å². The van der Waals surface area contributed by atoms with E-state index >= 15 is 0 Å². The van der Waals surface area contributed by atoms with Crippen molar-refractivity contribution in [2.75, 3.05) is 13.1 Å².